The minimum Gasteiger partial charge on any atom is -0.508 e. The lowest BCUT2D eigenvalue weighted by Gasteiger charge is -2.27. The Morgan fingerprint density at radius 2 is 1.87 bits per heavy atom. The predicted molar refractivity (Wildman–Crippen MR) is 121 cm³/mol. The van der Waals surface area contributed by atoms with Gasteiger partial charge in [-0.05, 0) is 54.8 Å². The van der Waals surface area contributed by atoms with Crippen molar-refractivity contribution in [2.75, 3.05) is 10.6 Å². The second-order valence-electron chi connectivity index (χ2n) is 7.15. The zero-order valence-electron chi connectivity index (χ0n) is 16.6. The third-order valence-electron chi connectivity index (χ3n) is 5.07. The average molecular weight is 430 g/mol. The zero-order chi connectivity index (χ0) is 21.4. The van der Waals surface area contributed by atoms with Crippen molar-refractivity contribution >= 4 is 28.9 Å². The van der Waals surface area contributed by atoms with Crippen LogP contribution in [0.3, 0.4) is 0 Å². The minimum absolute atomic E-state index is 0.180. The standard InChI is InChI=1S/C23H19N5O2S/c1-14-19(22(30)25-16-6-3-2-4-7-16)20(18-8-5-13-31-18)28-23(24-14)26-21(27-28)15-9-11-17(29)12-10-15/h2-13,20,29H,1H3,(H,25,30)(H,24,26,27). The Labute approximate surface area is 182 Å². The van der Waals surface area contributed by atoms with Crippen molar-refractivity contribution < 1.29 is 9.90 Å². The molecule has 5 rings (SSSR count). The highest BCUT2D eigenvalue weighted by atomic mass is 32.1. The lowest BCUT2D eigenvalue weighted by Crippen LogP contribution is -2.31. The van der Waals surface area contributed by atoms with Crippen LogP contribution in [0.15, 0.2) is 83.4 Å². The number of rotatable bonds is 4. The minimum atomic E-state index is -0.404. The summed E-state index contributed by atoms with van der Waals surface area (Å²) in [4.78, 5) is 18.9. The van der Waals surface area contributed by atoms with Gasteiger partial charge in [0.2, 0.25) is 5.95 Å². The van der Waals surface area contributed by atoms with Gasteiger partial charge in [-0.1, -0.05) is 24.3 Å². The molecule has 2 aromatic carbocycles. The second kappa shape index (κ2) is 7.73. The maximum Gasteiger partial charge on any atom is 0.255 e. The number of nitrogens with one attached hydrogen (secondary N) is 2. The molecule has 0 saturated carbocycles. The molecule has 1 amide bonds. The van der Waals surface area contributed by atoms with Crippen molar-refractivity contribution in [1.29, 1.82) is 0 Å². The van der Waals surface area contributed by atoms with Crippen LogP contribution in [-0.2, 0) is 4.79 Å². The van der Waals surface area contributed by atoms with Gasteiger partial charge in [-0.2, -0.15) is 4.98 Å². The van der Waals surface area contributed by atoms with Gasteiger partial charge in [0.1, 0.15) is 11.8 Å². The third kappa shape index (κ3) is 3.57. The monoisotopic (exact) mass is 429 g/mol. The molecule has 0 bridgehead atoms. The smallest absolute Gasteiger partial charge is 0.255 e. The number of para-hydroxylation sites is 1. The number of phenolic OH excluding ortho intramolecular Hbond substituents is 1. The normalized spacial score (nSPS) is 15.3. The SMILES string of the molecule is CC1=C(C(=O)Nc2ccccc2)C(c2cccs2)n2nc(-c3ccc(O)cc3)nc2N1. The molecule has 0 saturated heterocycles. The summed E-state index contributed by atoms with van der Waals surface area (Å²) >= 11 is 1.57. The van der Waals surface area contributed by atoms with Gasteiger partial charge in [0.25, 0.3) is 5.91 Å². The number of aromatic nitrogens is 3. The highest BCUT2D eigenvalue weighted by Gasteiger charge is 2.35. The van der Waals surface area contributed by atoms with E-state index in [1.54, 1.807) is 40.3 Å². The number of allylic oxidation sites excluding steroid dienone is 1. The van der Waals surface area contributed by atoms with Crippen LogP contribution < -0.4 is 10.6 Å². The summed E-state index contributed by atoms with van der Waals surface area (Å²) in [6.45, 7) is 1.87. The molecule has 0 fully saturated rings. The predicted octanol–water partition coefficient (Wildman–Crippen LogP) is 4.64. The topological polar surface area (TPSA) is 92.1 Å². The zero-order valence-corrected chi connectivity index (χ0v) is 17.4. The molecule has 8 heteroatoms. The van der Waals surface area contributed by atoms with E-state index in [1.807, 2.05) is 54.8 Å². The number of nitrogens with zero attached hydrogens (tertiary/aromatic N) is 3. The van der Waals surface area contributed by atoms with Crippen LogP contribution in [0.2, 0.25) is 0 Å². The van der Waals surface area contributed by atoms with Crippen LogP contribution in [0.4, 0.5) is 11.6 Å². The summed E-state index contributed by atoms with van der Waals surface area (Å²) in [5.41, 5.74) is 2.82. The molecule has 1 unspecified atom stereocenters. The van der Waals surface area contributed by atoms with Crippen molar-refractivity contribution in [3.05, 3.63) is 88.3 Å². The van der Waals surface area contributed by atoms with Gasteiger partial charge < -0.3 is 15.7 Å². The maximum atomic E-state index is 13.3. The Morgan fingerprint density at radius 1 is 1.10 bits per heavy atom. The Kier molecular flexibility index (Phi) is 4.76. The fourth-order valence-corrected chi connectivity index (χ4v) is 4.43. The molecule has 2 aromatic heterocycles. The van der Waals surface area contributed by atoms with Crippen LogP contribution >= 0.6 is 11.3 Å². The number of hydrogen-bond donors (Lipinski definition) is 3. The van der Waals surface area contributed by atoms with E-state index in [2.05, 4.69) is 15.6 Å². The maximum absolute atomic E-state index is 13.3. The van der Waals surface area contributed by atoms with E-state index < -0.39 is 6.04 Å². The summed E-state index contributed by atoms with van der Waals surface area (Å²) < 4.78 is 1.75. The number of carbonyl (C=O) groups is 1. The molecular formula is C23H19N5O2S. The van der Waals surface area contributed by atoms with Crippen molar-refractivity contribution in [1.82, 2.24) is 14.8 Å². The Bertz CT molecular complexity index is 1260. The molecule has 4 aromatic rings. The molecule has 3 heterocycles. The van der Waals surface area contributed by atoms with Crippen LogP contribution in [0.5, 0.6) is 5.75 Å². The molecule has 0 radical (unpaired) electrons. The van der Waals surface area contributed by atoms with Crippen LogP contribution in [0, 0.1) is 0 Å². The Hall–Kier alpha value is -3.91. The summed E-state index contributed by atoms with van der Waals surface area (Å²) in [5, 5.41) is 22.5. The summed E-state index contributed by atoms with van der Waals surface area (Å²) in [7, 11) is 0. The van der Waals surface area contributed by atoms with E-state index in [1.165, 1.54) is 0 Å². The first-order chi connectivity index (χ1) is 15.1. The lowest BCUT2D eigenvalue weighted by atomic mass is 10.0. The number of carbonyl (C=O) groups excluding carboxylic acids is 1. The van der Waals surface area contributed by atoms with Gasteiger partial charge >= 0.3 is 0 Å². The number of anilines is 2. The lowest BCUT2D eigenvalue weighted by molar-refractivity contribution is -0.113. The average Bonchev–Trinajstić information content (AvgIpc) is 3.44. The fraction of sp³-hybridized carbons (Fsp3) is 0.0870. The Morgan fingerprint density at radius 3 is 2.58 bits per heavy atom. The molecule has 0 spiro atoms. The van der Waals surface area contributed by atoms with Crippen molar-refractivity contribution in [2.45, 2.75) is 13.0 Å². The molecule has 1 atom stereocenters. The van der Waals surface area contributed by atoms with E-state index in [0.29, 0.717) is 17.3 Å². The van der Waals surface area contributed by atoms with Crippen LogP contribution in [0.1, 0.15) is 17.8 Å². The quantitative estimate of drug-likeness (QED) is 0.440. The highest BCUT2D eigenvalue weighted by molar-refractivity contribution is 7.10. The number of thiophene rings is 1. The first-order valence-electron chi connectivity index (χ1n) is 9.73. The van der Waals surface area contributed by atoms with Gasteiger partial charge in [-0.25, -0.2) is 4.68 Å². The van der Waals surface area contributed by atoms with Gasteiger partial charge in [-0.3, -0.25) is 4.79 Å². The molecule has 7 nitrogen and oxygen atoms in total. The molecule has 1 aliphatic heterocycles. The Balaban J connectivity index is 1.57. The number of benzene rings is 2. The molecule has 154 valence electrons. The largest absolute Gasteiger partial charge is 0.508 e. The number of fused-ring (bicyclic) bond motifs is 1. The molecule has 31 heavy (non-hydrogen) atoms. The van der Waals surface area contributed by atoms with Crippen LogP contribution in [0.25, 0.3) is 11.4 Å². The highest BCUT2D eigenvalue weighted by Crippen LogP contribution is 2.38. The van der Waals surface area contributed by atoms with E-state index in [0.717, 1.165) is 21.8 Å². The van der Waals surface area contributed by atoms with Crippen LogP contribution in [-0.4, -0.2) is 25.8 Å². The van der Waals surface area contributed by atoms with E-state index >= 15 is 0 Å². The number of amides is 1. The summed E-state index contributed by atoms with van der Waals surface area (Å²) in [6.07, 6.45) is 0. The third-order valence-corrected chi connectivity index (χ3v) is 5.99. The number of aromatic hydroxyl groups is 1. The van der Waals surface area contributed by atoms with E-state index in [-0.39, 0.29) is 11.7 Å². The number of hydrogen-bond acceptors (Lipinski definition) is 6. The number of phenols is 1. The van der Waals surface area contributed by atoms with Crippen molar-refractivity contribution in [3.63, 3.8) is 0 Å². The second-order valence-corrected chi connectivity index (χ2v) is 8.13. The molecule has 1 aliphatic rings. The summed E-state index contributed by atoms with van der Waals surface area (Å²) in [5.74, 6) is 1.07. The first kappa shape index (κ1) is 19.1. The van der Waals surface area contributed by atoms with Crippen molar-refractivity contribution in [3.8, 4) is 17.1 Å². The molecular weight excluding hydrogens is 410 g/mol. The van der Waals surface area contributed by atoms with Gasteiger partial charge in [0, 0.05) is 21.8 Å². The van der Waals surface area contributed by atoms with Gasteiger partial charge in [0.05, 0.1) is 5.57 Å². The fourth-order valence-electron chi connectivity index (χ4n) is 3.61. The first-order valence-corrected chi connectivity index (χ1v) is 10.6. The van der Waals surface area contributed by atoms with Gasteiger partial charge in [0.15, 0.2) is 5.82 Å². The molecule has 3 N–H and O–H groups in total. The van der Waals surface area contributed by atoms with Gasteiger partial charge in [-0.15, -0.1) is 16.4 Å². The van der Waals surface area contributed by atoms with Crippen molar-refractivity contribution in [2.24, 2.45) is 0 Å². The molecule has 0 aliphatic carbocycles. The summed E-state index contributed by atoms with van der Waals surface area (Å²) in [6, 6.07) is 19.7. The van der Waals surface area contributed by atoms with E-state index in [9.17, 15) is 9.90 Å². The van der Waals surface area contributed by atoms with E-state index in [4.69, 9.17) is 5.10 Å².